The van der Waals surface area contributed by atoms with Crippen LogP contribution in [0.1, 0.15) is 11.5 Å². The van der Waals surface area contributed by atoms with Gasteiger partial charge < -0.3 is 14.7 Å². The zero-order valence-electron chi connectivity index (χ0n) is 17.1. The molecule has 3 heterocycles. The third-order valence-corrected chi connectivity index (χ3v) is 5.36. The first-order chi connectivity index (χ1) is 14.0. The van der Waals surface area contributed by atoms with Crippen LogP contribution < -0.4 is 9.80 Å². The predicted octanol–water partition coefficient (Wildman–Crippen LogP) is 3.27. The first kappa shape index (κ1) is 19.1. The number of hydrogen-bond donors (Lipinski definition) is 0. The summed E-state index contributed by atoms with van der Waals surface area (Å²) in [6.45, 7) is 14.0. The molecule has 1 saturated heterocycles. The lowest BCUT2D eigenvalue weighted by Crippen LogP contribution is -2.45. The smallest absolute Gasteiger partial charge is 0.196 e. The number of hydrogen-bond acceptors (Lipinski definition) is 6. The van der Waals surface area contributed by atoms with Gasteiger partial charge in [0.15, 0.2) is 5.69 Å². The Kier molecular flexibility index (Phi) is 5.28. The molecule has 0 N–H and O–H groups in total. The molecule has 0 saturated carbocycles. The van der Waals surface area contributed by atoms with E-state index in [2.05, 4.69) is 47.6 Å². The van der Waals surface area contributed by atoms with Crippen molar-refractivity contribution in [1.82, 2.24) is 19.9 Å². The summed E-state index contributed by atoms with van der Waals surface area (Å²) in [6, 6.07) is 9.75. The van der Waals surface area contributed by atoms with Gasteiger partial charge in [-0.3, -0.25) is 4.98 Å². The molecule has 1 aliphatic rings. The second-order valence-corrected chi connectivity index (χ2v) is 7.53. The molecule has 0 spiro atoms. The quantitative estimate of drug-likeness (QED) is 0.641. The van der Waals surface area contributed by atoms with Gasteiger partial charge in [-0.1, -0.05) is 12.1 Å². The molecule has 2 aromatic heterocycles. The summed E-state index contributed by atoms with van der Waals surface area (Å²) in [5.74, 6) is 1.79. The fraction of sp³-hybridized carbons (Fsp3) is 0.364. The van der Waals surface area contributed by atoms with Crippen LogP contribution in [0.15, 0.2) is 36.5 Å². The topological polar surface area (TPSA) is 52.8 Å². The van der Waals surface area contributed by atoms with E-state index in [1.165, 1.54) is 0 Å². The Morgan fingerprint density at radius 2 is 1.93 bits per heavy atom. The fourth-order valence-electron chi connectivity index (χ4n) is 3.77. The summed E-state index contributed by atoms with van der Waals surface area (Å²) in [6.07, 6.45) is 1.77. The number of aryl methyl sites for hydroxylation is 1. The number of nitrogens with zero attached hydrogens (tertiary/aromatic N) is 7. The number of likely N-dealkylation sites (N-methyl/N-ethyl adjacent to an activating group) is 1. The number of rotatable bonds is 4. The van der Waals surface area contributed by atoms with E-state index < -0.39 is 0 Å². The summed E-state index contributed by atoms with van der Waals surface area (Å²) < 4.78 is 0. The molecule has 0 radical (unpaired) electrons. The van der Waals surface area contributed by atoms with Gasteiger partial charge in [0.05, 0.1) is 30.0 Å². The zero-order valence-corrected chi connectivity index (χ0v) is 17.1. The van der Waals surface area contributed by atoms with Gasteiger partial charge in [0.2, 0.25) is 0 Å². The van der Waals surface area contributed by atoms with Gasteiger partial charge in [-0.2, -0.15) is 0 Å². The van der Waals surface area contributed by atoms with Gasteiger partial charge in [0.1, 0.15) is 11.6 Å². The van der Waals surface area contributed by atoms with Crippen molar-refractivity contribution in [2.24, 2.45) is 0 Å². The molecule has 29 heavy (non-hydrogen) atoms. The van der Waals surface area contributed by atoms with E-state index in [4.69, 9.17) is 6.57 Å². The van der Waals surface area contributed by atoms with E-state index in [9.17, 15) is 0 Å². The molecular formula is C22H25N7. The van der Waals surface area contributed by atoms with E-state index in [0.29, 0.717) is 12.2 Å². The van der Waals surface area contributed by atoms with Crippen LogP contribution in [0.2, 0.25) is 0 Å². The van der Waals surface area contributed by atoms with Crippen molar-refractivity contribution >= 4 is 28.1 Å². The molecule has 0 unspecified atom stereocenters. The number of benzene rings is 1. The molecule has 3 aromatic rings. The van der Waals surface area contributed by atoms with Crippen LogP contribution in [-0.4, -0.2) is 60.1 Å². The largest absolute Gasteiger partial charge is 0.367 e. The number of aromatic nitrogens is 3. The first-order valence-electron chi connectivity index (χ1n) is 9.79. The maximum absolute atomic E-state index is 7.40. The Morgan fingerprint density at radius 3 is 2.69 bits per heavy atom. The lowest BCUT2D eigenvalue weighted by atomic mass is 10.1. The Labute approximate surface area is 171 Å². The Morgan fingerprint density at radius 1 is 1.14 bits per heavy atom. The van der Waals surface area contributed by atoms with Gasteiger partial charge >= 0.3 is 0 Å². The van der Waals surface area contributed by atoms with Crippen LogP contribution in [0.25, 0.3) is 15.7 Å². The van der Waals surface area contributed by atoms with Gasteiger partial charge in [-0.15, -0.1) is 0 Å². The van der Waals surface area contributed by atoms with Crippen molar-refractivity contribution in [2.75, 3.05) is 50.1 Å². The lowest BCUT2D eigenvalue weighted by molar-refractivity contribution is 0.312. The molecule has 0 aliphatic carbocycles. The molecule has 7 nitrogen and oxygen atoms in total. The van der Waals surface area contributed by atoms with Crippen molar-refractivity contribution < 1.29 is 0 Å². The fourth-order valence-corrected chi connectivity index (χ4v) is 3.77. The molecule has 7 heteroatoms. The van der Waals surface area contributed by atoms with Crippen LogP contribution in [0.5, 0.6) is 0 Å². The number of anilines is 2. The molecule has 0 amide bonds. The predicted molar refractivity (Wildman–Crippen MR) is 117 cm³/mol. The standard InChI is InChI=1S/C22H25N7/c1-16-25-17(14-21(26-16)29-12-10-27(3)11-13-29)15-28(4)20-8-7-19(23-2)18-6-5-9-24-22(18)20/h5-9,14H,10-13,15H2,1,3-4H3. The molecule has 1 fully saturated rings. The normalized spacial score (nSPS) is 14.8. The lowest BCUT2D eigenvalue weighted by Gasteiger charge is -2.33. The van der Waals surface area contributed by atoms with Gasteiger partial charge in [-0.25, -0.2) is 14.8 Å². The van der Waals surface area contributed by atoms with Gasteiger partial charge in [0.25, 0.3) is 0 Å². The van der Waals surface area contributed by atoms with Crippen molar-refractivity contribution in [2.45, 2.75) is 13.5 Å². The van der Waals surface area contributed by atoms with Crippen molar-refractivity contribution in [1.29, 1.82) is 0 Å². The van der Waals surface area contributed by atoms with Crippen LogP contribution in [0.3, 0.4) is 0 Å². The molecular weight excluding hydrogens is 362 g/mol. The minimum Gasteiger partial charge on any atom is -0.367 e. The minimum atomic E-state index is 0.625. The van der Waals surface area contributed by atoms with Crippen LogP contribution in [0.4, 0.5) is 17.2 Å². The van der Waals surface area contributed by atoms with E-state index in [-0.39, 0.29) is 0 Å². The maximum atomic E-state index is 7.40. The van der Waals surface area contributed by atoms with Crippen LogP contribution in [0, 0.1) is 13.5 Å². The van der Waals surface area contributed by atoms with Crippen molar-refractivity contribution in [3.63, 3.8) is 0 Å². The molecule has 0 bridgehead atoms. The Hall–Kier alpha value is -3.24. The SMILES string of the molecule is [C-]#[N+]c1ccc(N(C)Cc2cc(N3CCN(C)CC3)nc(C)n2)c2ncccc12. The average Bonchev–Trinajstić information content (AvgIpc) is 2.73. The highest BCUT2D eigenvalue weighted by molar-refractivity contribution is 5.99. The summed E-state index contributed by atoms with van der Waals surface area (Å²) in [5.41, 5.74) is 3.44. The van der Waals surface area contributed by atoms with E-state index in [1.54, 1.807) is 6.20 Å². The number of piperazine rings is 1. The van der Waals surface area contributed by atoms with Crippen LogP contribution in [-0.2, 0) is 6.54 Å². The zero-order chi connectivity index (χ0) is 20.4. The summed E-state index contributed by atoms with van der Waals surface area (Å²) >= 11 is 0. The number of pyridine rings is 1. The summed E-state index contributed by atoms with van der Waals surface area (Å²) in [7, 11) is 4.19. The summed E-state index contributed by atoms with van der Waals surface area (Å²) in [5, 5.41) is 0.879. The maximum Gasteiger partial charge on any atom is 0.196 e. The molecule has 1 aliphatic heterocycles. The molecule has 0 atom stereocenters. The van der Waals surface area contributed by atoms with Crippen molar-refractivity contribution in [3.05, 3.63) is 59.5 Å². The number of fused-ring (bicyclic) bond motifs is 1. The highest BCUT2D eigenvalue weighted by atomic mass is 15.3. The summed E-state index contributed by atoms with van der Waals surface area (Å²) in [4.78, 5) is 24.3. The third-order valence-electron chi connectivity index (χ3n) is 5.36. The molecule has 1 aromatic carbocycles. The average molecular weight is 387 g/mol. The van der Waals surface area contributed by atoms with Crippen LogP contribution >= 0.6 is 0 Å². The van der Waals surface area contributed by atoms with E-state index in [1.807, 2.05) is 38.2 Å². The second-order valence-electron chi connectivity index (χ2n) is 7.53. The monoisotopic (exact) mass is 387 g/mol. The Balaban J connectivity index is 1.62. The third kappa shape index (κ3) is 3.98. The van der Waals surface area contributed by atoms with E-state index in [0.717, 1.165) is 60.1 Å². The second kappa shape index (κ2) is 8.02. The first-order valence-corrected chi connectivity index (χ1v) is 9.79. The van der Waals surface area contributed by atoms with E-state index >= 15 is 0 Å². The van der Waals surface area contributed by atoms with Gasteiger partial charge in [-0.05, 0) is 26.1 Å². The highest BCUT2D eigenvalue weighted by Crippen LogP contribution is 2.32. The van der Waals surface area contributed by atoms with Crippen molar-refractivity contribution in [3.8, 4) is 0 Å². The Bertz CT molecular complexity index is 1060. The molecule has 148 valence electrons. The van der Waals surface area contributed by atoms with Gasteiger partial charge in [0, 0.05) is 50.9 Å². The minimum absolute atomic E-state index is 0.625. The molecule has 4 rings (SSSR count). The highest BCUT2D eigenvalue weighted by Gasteiger charge is 2.17.